The third kappa shape index (κ3) is 5.90. The SMILES string of the molecule is CC(C)COC(=O)C=C1OC(c2cccc(Cl)c2)C(c2ccc(Cl)cc2)N(CC2CC2)C1=O. The van der Waals surface area contributed by atoms with E-state index < -0.39 is 18.1 Å². The van der Waals surface area contributed by atoms with Crippen LogP contribution in [-0.4, -0.2) is 29.9 Å². The molecule has 5 nitrogen and oxygen atoms in total. The summed E-state index contributed by atoms with van der Waals surface area (Å²) >= 11 is 12.4. The molecular weight excluding hydrogens is 461 g/mol. The molecule has 2 atom stereocenters. The van der Waals surface area contributed by atoms with E-state index in [9.17, 15) is 9.59 Å². The van der Waals surface area contributed by atoms with Crippen LogP contribution in [-0.2, 0) is 19.1 Å². The van der Waals surface area contributed by atoms with Crippen molar-refractivity contribution >= 4 is 35.1 Å². The molecule has 174 valence electrons. The molecule has 0 bridgehead atoms. The third-order valence-corrected chi connectivity index (χ3v) is 6.18. The van der Waals surface area contributed by atoms with E-state index in [1.165, 1.54) is 6.08 Å². The molecule has 2 aromatic carbocycles. The van der Waals surface area contributed by atoms with E-state index in [2.05, 4.69) is 0 Å². The summed E-state index contributed by atoms with van der Waals surface area (Å²) in [6, 6.07) is 14.4. The second kappa shape index (κ2) is 10.2. The Labute approximate surface area is 204 Å². The van der Waals surface area contributed by atoms with Gasteiger partial charge in [0.25, 0.3) is 5.91 Å². The maximum absolute atomic E-state index is 13.5. The number of morpholine rings is 1. The number of carbonyl (C=O) groups excluding carboxylic acids is 2. The van der Waals surface area contributed by atoms with Crippen LogP contribution in [0.15, 0.2) is 60.4 Å². The normalized spacial score (nSPS) is 21.9. The molecule has 2 aliphatic rings. The molecular formula is C26H27Cl2NO4. The summed E-state index contributed by atoms with van der Waals surface area (Å²) in [6.45, 7) is 4.76. The lowest BCUT2D eigenvalue weighted by Gasteiger charge is -2.42. The second-order valence-electron chi connectivity index (χ2n) is 9.02. The number of halogens is 2. The highest BCUT2D eigenvalue weighted by atomic mass is 35.5. The third-order valence-electron chi connectivity index (χ3n) is 5.70. The van der Waals surface area contributed by atoms with Gasteiger partial charge in [0, 0.05) is 16.6 Å². The summed E-state index contributed by atoms with van der Waals surface area (Å²) in [5.41, 5.74) is 1.72. The quantitative estimate of drug-likeness (QED) is 0.348. The number of hydrogen-bond acceptors (Lipinski definition) is 4. The van der Waals surface area contributed by atoms with Crippen molar-refractivity contribution in [1.29, 1.82) is 0 Å². The Morgan fingerprint density at radius 3 is 2.48 bits per heavy atom. The van der Waals surface area contributed by atoms with E-state index in [1.54, 1.807) is 18.2 Å². The fourth-order valence-corrected chi connectivity index (χ4v) is 4.22. The fourth-order valence-electron chi connectivity index (χ4n) is 3.90. The Balaban J connectivity index is 1.75. The lowest BCUT2D eigenvalue weighted by atomic mass is 9.92. The van der Waals surface area contributed by atoms with Gasteiger partial charge in [-0.25, -0.2) is 4.79 Å². The molecule has 0 N–H and O–H groups in total. The van der Waals surface area contributed by atoms with E-state index in [1.807, 2.05) is 49.1 Å². The van der Waals surface area contributed by atoms with Crippen LogP contribution in [0.3, 0.4) is 0 Å². The molecule has 33 heavy (non-hydrogen) atoms. The monoisotopic (exact) mass is 487 g/mol. The first-order valence-electron chi connectivity index (χ1n) is 11.2. The first-order valence-corrected chi connectivity index (χ1v) is 11.9. The molecule has 2 aromatic rings. The maximum atomic E-state index is 13.5. The Morgan fingerprint density at radius 1 is 1.12 bits per heavy atom. The van der Waals surface area contributed by atoms with E-state index in [4.69, 9.17) is 32.7 Å². The number of ether oxygens (including phenoxy) is 2. The number of amides is 1. The van der Waals surface area contributed by atoms with Crippen molar-refractivity contribution < 1.29 is 19.1 Å². The van der Waals surface area contributed by atoms with E-state index >= 15 is 0 Å². The molecule has 4 rings (SSSR count). The van der Waals surface area contributed by atoms with Crippen molar-refractivity contribution in [2.24, 2.45) is 11.8 Å². The van der Waals surface area contributed by atoms with Gasteiger partial charge in [0.15, 0.2) is 5.76 Å². The molecule has 2 unspecified atom stereocenters. The summed E-state index contributed by atoms with van der Waals surface area (Å²) in [5.74, 6) is -0.291. The van der Waals surface area contributed by atoms with Gasteiger partial charge in [-0.2, -0.15) is 0 Å². The number of carbonyl (C=O) groups is 2. The van der Waals surface area contributed by atoms with Crippen LogP contribution in [0, 0.1) is 11.8 Å². The van der Waals surface area contributed by atoms with E-state index in [-0.39, 0.29) is 24.2 Å². The summed E-state index contributed by atoms with van der Waals surface area (Å²) in [5, 5.41) is 1.18. The molecule has 0 aromatic heterocycles. The van der Waals surface area contributed by atoms with Crippen LogP contribution in [0.4, 0.5) is 0 Å². The van der Waals surface area contributed by atoms with Crippen molar-refractivity contribution in [2.45, 2.75) is 38.8 Å². The highest BCUT2D eigenvalue weighted by Gasteiger charge is 2.44. The van der Waals surface area contributed by atoms with Crippen LogP contribution in [0.5, 0.6) is 0 Å². The number of nitrogens with zero attached hydrogens (tertiary/aromatic N) is 1. The average Bonchev–Trinajstić information content (AvgIpc) is 3.60. The Morgan fingerprint density at radius 2 is 1.85 bits per heavy atom. The molecule has 0 radical (unpaired) electrons. The van der Waals surface area contributed by atoms with Gasteiger partial charge in [0.1, 0.15) is 6.10 Å². The first-order chi connectivity index (χ1) is 15.8. The van der Waals surface area contributed by atoms with Crippen molar-refractivity contribution in [3.63, 3.8) is 0 Å². The highest BCUT2D eigenvalue weighted by Crippen LogP contribution is 2.45. The summed E-state index contributed by atoms with van der Waals surface area (Å²) < 4.78 is 11.5. The molecule has 7 heteroatoms. The van der Waals surface area contributed by atoms with Crippen molar-refractivity contribution in [3.05, 3.63) is 81.5 Å². The zero-order valence-electron chi connectivity index (χ0n) is 18.7. The predicted octanol–water partition coefficient (Wildman–Crippen LogP) is 6.13. The predicted molar refractivity (Wildman–Crippen MR) is 128 cm³/mol. The molecule has 1 amide bonds. The molecule has 1 aliphatic carbocycles. The molecule has 1 saturated carbocycles. The molecule has 1 heterocycles. The lowest BCUT2D eigenvalue weighted by molar-refractivity contribution is -0.149. The molecule has 2 fully saturated rings. The van der Waals surface area contributed by atoms with Gasteiger partial charge in [-0.1, -0.05) is 61.3 Å². The number of esters is 1. The van der Waals surface area contributed by atoms with Gasteiger partial charge in [-0.15, -0.1) is 0 Å². The molecule has 1 saturated heterocycles. The van der Waals surface area contributed by atoms with E-state index in [0.717, 1.165) is 24.0 Å². The van der Waals surface area contributed by atoms with Crippen LogP contribution in [0.1, 0.15) is 50.0 Å². The Hall–Kier alpha value is -2.50. The summed E-state index contributed by atoms with van der Waals surface area (Å²) in [7, 11) is 0. The topological polar surface area (TPSA) is 55.8 Å². The highest BCUT2D eigenvalue weighted by molar-refractivity contribution is 6.30. The number of hydrogen-bond donors (Lipinski definition) is 0. The van der Waals surface area contributed by atoms with Crippen molar-refractivity contribution in [2.75, 3.05) is 13.2 Å². The molecule has 0 spiro atoms. The summed E-state index contributed by atoms with van der Waals surface area (Å²) in [4.78, 5) is 27.8. The van der Waals surface area contributed by atoms with Gasteiger partial charge in [0.05, 0.1) is 18.7 Å². The zero-order valence-corrected chi connectivity index (χ0v) is 20.2. The first kappa shape index (κ1) is 23.7. The van der Waals surface area contributed by atoms with Crippen LogP contribution < -0.4 is 0 Å². The Bertz CT molecular complexity index is 1050. The van der Waals surface area contributed by atoms with Crippen LogP contribution in [0.2, 0.25) is 10.0 Å². The minimum absolute atomic E-state index is 0.0143. The van der Waals surface area contributed by atoms with Crippen LogP contribution in [0.25, 0.3) is 0 Å². The zero-order chi connectivity index (χ0) is 23.5. The van der Waals surface area contributed by atoms with E-state index in [0.29, 0.717) is 22.5 Å². The van der Waals surface area contributed by atoms with Gasteiger partial charge in [-0.05, 0) is 60.1 Å². The maximum Gasteiger partial charge on any atom is 0.334 e. The summed E-state index contributed by atoms with van der Waals surface area (Å²) in [6.07, 6.45) is 2.77. The second-order valence-corrected chi connectivity index (χ2v) is 9.90. The van der Waals surface area contributed by atoms with Gasteiger partial charge in [0.2, 0.25) is 0 Å². The van der Waals surface area contributed by atoms with Crippen molar-refractivity contribution in [1.82, 2.24) is 4.90 Å². The largest absolute Gasteiger partial charge is 0.477 e. The molecule has 1 aliphatic heterocycles. The Kier molecular flexibility index (Phi) is 7.30. The van der Waals surface area contributed by atoms with Gasteiger partial charge >= 0.3 is 5.97 Å². The number of benzene rings is 2. The number of rotatable bonds is 7. The van der Waals surface area contributed by atoms with Gasteiger partial charge in [-0.3, -0.25) is 4.79 Å². The van der Waals surface area contributed by atoms with Gasteiger partial charge < -0.3 is 14.4 Å². The average molecular weight is 488 g/mol. The minimum Gasteiger partial charge on any atom is -0.477 e. The van der Waals surface area contributed by atoms with Crippen molar-refractivity contribution in [3.8, 4) is 0 Å². The lowest BCUT2D eigenvalue weighted by Crippen LogP contribution is -2.45. The van der Waals surface area contributed by atoms with Crippen LogP contribution >= 0.6 is 23.2 Å². The fraction of sp³-hybridized carbons (Fsp3) is 0.385. The standard InChI is InChI=1S/C26H27Cl2NO4/c1-16(2)15-32-23(30)13-22-26(31)29(14-17-6-7-17)24(18-8-10-20(27)11-9-18)25(33-22)19-4-3-5-21(28)12-19/h3-5,8-13,16-17,24-25H,6-7,14-15H2,1-2H3. The minimum atomic E-state index is -0.590. The smallest absolute Gasteiger partial charge is 0.334 e.